The average molecular weight is 247 g/mol. The van der Waals surface area contributed by atoms with Crippen molar-refractivity contribution >= 4 is 5.78 Å². The van der Waals surface area contributed by atoms with E-state index < -0.39 is 0 Å². The van der Waals surface area contributed by atoms with Crippen LogP contribution in [0.25, 0.3) is 0 Å². The van der Waals surface area contributed by atoms with Gasteiger partial charge in [-0.25, -0.2) is 0 Å². The molecule has 0 radical (unpaired) electrons. The number of unbranched alkanes of at least 4 members (excludes halogenated alkanes) is 1. The van der Waals surface area contributed by atoms with Gasteiger partial charge >= 0.3 is 0 Å². The molecule has 0 aliphatic carbocycles. The van der Waals surface area contributed by atoms with Crippen LogP contribution in [0.5, 0.6) is 0 Å². The first-order chi connectivity index (χ1) is 8.45. The Morgan fingerprint density at radius 3 is 2.56 bits per heavy atom. The Balaban J connectivity index is 2.71. The number of aromatic nitrogens is 1. The summed E-state index contributed by atoms with van der Waals surface area (Å²) < 4.78 is 0. The molecular formula is C16H25NO. The summed E-state index contributed by atoms with van der Waals surface area (Å²) in [6.07, 6.45) is 5.47. The molecule has 2 nitrogen and oxygen atoms in total. The van der Waals surface area contributed by atoms with Gasteiger partial charge in [0, 0.05) is 24.2 Å². The summed E-state index contributed by atoms with van der Waals surface area (Å²) in [5.74, 6) is 0.467. The number of rotatable bonds is 6. The van der Waals surface area contributed by atoms with Gasteiger partial charge in [-0.3, -0.25) is 9.78 Å². The maximum Gasteiger partial charge on any atom is 0.142 e. The summed E-state index contributed by atoms with van der Waals surface area (Å²) in [7, 11) is 0. The molecular weight excluding hydrogens is 222 g/mol. The lowest BCUT2D eigenvalue weighted by Gasteiger charge is -2.29. The highest BCUT2D eigenvalue weighted by Crippen LogP contribution is 2.31. The summed E-state index contributed by atoms with van der Waals surface area (Å²) in [5, 5.41) is 0. The normalized spacial score (nSPS) is 13.3. The summed E-state index contributed by atoms with van der Waals surface area (Å²) >= 11 is 0. The first-order valence-corrected chi connectivity index (χ1v) is 6.87. The fraction of sp³-hybridized carbons (Fsp3) is 0.625. The molecule has 0 bridgehead atoms. The SMILES string of the molecule is CCCCC(C(=O)Cc1ccccn1)C(C)(C)C. The van der Waals surface area contributed by atoms with E-state index in [1.54, 1.807) is 6.20 Å². The van der Waals surface area contributed by atoms with Gasteiger partial charge in [0.05, 0.1) is 0 Å². The standard InChI is InChI=1S/C16H25NO/c1-5-6-10-14(16(2,3)4)15(18)12-13-9-7-8-11-17-13/h7-9,11,14H,5-6,10,12H2,1-4H3. The highest BCUT2D eigenvalue weighted by molar-refractivity contribution is 5.83. The number of ketones is 1. The summed E-state index contributed by atoms with van der Waals surface area (Å²) in [6.45, 7) is 8.64. The second-order valence-electron chi connectivity index (χ2n) is 6.03. The zero-order valence-corrected chi connectivity index (χ0v) is 12.1. The van der Waals surface area contributed by atoms with Gasteiger partial charge in [-0.05, 0) is 24.0 Å². The smallest absolute Gasteiger partial charge is 0.142 e. The molecule has 0 aliphatic heterocycles. The van der Waals surface area contributed by atoms with Crippen LogP contribution in [0.2, 0.25) is 0 Å². The van der Waals surface area contributed by atoms with Crippen LogP contribution >= 0.6 is 0 Å². The molecule has 0 saturated carbocycles. The van der Waals surface area contributed by atoms with E-state index in [9.17, 15) is 4.79 Å². The Kier molecular flexibility index (Phi) is 5.52. The third-order valence-corrected chi connectivity index (χ3v) is 3.36. The predicted molar refractivity (Wildman–Crippen MR) is 75.4 cm³/mol. The van der Waals surface area contributed by atoms with Crippen molar-refractivity contribution in [1.29, 1.82) is 0 Å². The number of carbonyl (C=O) groups excluding carboxylic acids is 1. The van der Waals surface area contributed by atoms with Crippen molar-refractivity contribution in [2.24, 2.45) is 11.3 Å². The van der Waals surface area contributed by atoms with Crippen molar-refractivity contribution in [1.82, 2.24) is 4.98 Å². The van der Waals surface area contributed by atoms with Crippen LogP contribution in [0.15, 0.2) is 24.4 Å². The summed E-state index contributed by atoms with van der Waals surface area (Å²) in [6, 6.07) is 5.75. The fourth-order valence-electron chi connectivity index (χ4n) is 2.29. The maximum absolute atomic E-state index is 12.4. The summed E-state index contributed by atoms with van der Waals surface area (Å²) in [4.78, 5) is 16.7. The monoisotopic (exact) mass is 247 g/mol. The lowest BCUT2D eigenvalue weighted by molar-refractivity contribution is -0.125. The molecule has 1 heterocycles. The van der Waals surface area contributed by atoms with Gasteiger partial charge in [0.25, 0.3) is 0 Å². The van der Waals surface area contributed by atoms with Crippen LogP contribution in [0, 0.1) is 11.3 Å². The van der Waals surface area contributed by atoms with Gasteiger partial charge in [-0.1, -0.05) is 46.6 Å². The number of nitrogens with zero attached hydrogens (tertiary/aromatic N) is 1. The first-order valence-electron chi connectivity index (χ1n) is 6.87. The molecule has 0 spiro atoms. The number of pyridine rings is 1. The first kappa shape index (κ1) is 14.9. The molecule has 100 valence electrons. The van der Waals surface area contributed by atoms with Gasteiger partial charge in [0.15, 0.2) is 0 Å². The van der Waals surface area contributed by atoms with Gasteiger partial charge in [-0.2, -0.15) is 0 Å². The minimum absolute atomic E-state index is 0.0427. The van der Waals surface area contributed by atoms with E-state index in [4.69, 9.17) is 0 Å². The van der Waals surface area contributed by atoms with E-state index in [2.05, 4.69) is 32.7 Å². The Morgan fingerprint density at radius 2 is 2.06 bits per heavy atom. The van der Waals surface area contributed by atoms with E-state index in [1.807, 2.05) is 18.2 Å². The Hall–Kier alpha value is -1.18. The average Bonchev–Trinajstić information content (AvgIpc) is 2.29. The number of hydrogen-bond donors (Lipinski definition) is 0. The molecule has 0 fully saturated rings. The van der Waals surface area contributed by atoms with E-state index in [0.717, 1.165) is 25.0 Å². The number of hydrogen-bond acceptors (Lipinski definition) is 2. The molecule has 2 heteroatoms. The van der Waals surface area contributed by atoms with Crippen molar-refractivity contribution < 1.29 is 4.79 Å². The minimum Gasteiger partial charge on any atom is -0.299 e. The van der Waals surface area contributed by atoms with Crippen molar-refractivity contribution in [3.05, 3.63) is 30.1 Å². The highest BCUT2D eigenvalue weighted by Gasteiger charge is 2.30. The Labute approximate surface area is 111 Å². The molecule has 1 aromatic heterocycles. The molecule has 1 rings (SSSR count). The lowest BCUT2D eigenvalue weighted by Crippen LogP contribution is -2.30. The van der Waals surface area contributed by atoms with Crippen LogP contribution in [-0.2, 0) is 11.2 Å². The Bertz CT molecular complexity index is 364. The third-order valence-electron chi connectivity index (χ3n) is 3.36. The molecule has 1 unspecified atom stereocenters. The second kappa shape index (κ2) is 6.67. The maximum atomic E-state index is 12.4. The third kappa shape index (κ3) is 4.59. The van der Waals surface area contributed by atoms with Gasteiger partial charge in [-0.15, -0.1) is 0 Å². The Morgan fingerprint density at radius 1 is 1.33 bits per heavy atom. The topological polar surface area (TPSA) is 30.0 Å². The van der Waals surface area contributed by atoms with Gasteiger partial charge in [0.2, 0.25) is 0 Å². The largest absolute Gasteiger partial charge is 0.299 e. The zero-order valence-electron chi connectivity index (χ0n) is 12.1. The van der Waals surface area contributed by atoms with Crippen molar-refractivity contribution in [3.63, 3.8) is 0 Å². The van der Waals surface area contributed by atoms with Crippen LogP contribution in [-0.4, -0.2) is 10.8 Å². The predicted octanol–water partition coefficient (Wildman–Crippen LogP) is 4.05. The van der Waals surface area contributed by atoms with E-state index >= 15 is 0 Å². The van der Waals surface area contributed by atoms with E-state index in [1.165, 1.54) is 0 Å². The molecule has 1 aromatic rings. The molecule has 1 atom stereocenters. The van der Waals surface area contributed by atoms with Crippen molar-refractivity contribution in [2.45, 2.75) is 53.4 Å². The van der Waals surface area contributed by atoms with Crippen LogP contribution in [0.4, 0.5) is 0 Å². The number of Topliss-reactive ketones (excluding diaryl/α,β-unsaturated/α-hetero) is 1. The highest BCUT2D eigenvalue weighted by atomic mass is 16.1. The van der Waals surface area contributed by atoms with Crippen molar-refractivity contribution in [3.8, 4) is 0 Å². The van der Waals surface area contributed by atoms with Crippen molar-refractivity contribution in [2.75, 3.05) is 0 Å². The molecule has 0 saturated heterocycles. The molecule has 0 amide bonds. The lowest BCUT2D eigenvalue weighted by atomic mass is 9.74. The van der Waals surface area contributed by atoms with E-state index in [0.29, 0.717) is 12.2 Å². The van der Waals surface area contributed by atoms with Crippen LogP contribution in [0.3, 0.4) is 0 Å². The number of carbonyl (C=O) groups is 1. The zero-order chi connectivity index (χ0) is 13.6. The molecule has 18 heavy (non-hydrogen) atoms. The second-order valence-corrected chi connectivity index (χ2v) is 6.03. The van der Waals surface area contributed by atoms with Crippen LogP contribution in [0.1, 0.15) is 52.7 Å². The van der Waals surface area contributed by atoms with Gasteiger partial charge in [0.1, 0.15) is 5.78 Å². The quantitative estimate of drug-likeness (QED) is 0.759. The minimum atomic E-state index is 0.0427. The molecule has 0 aromatic carbocycles. The van der Waals surface area contributed by atoms with E-state index in [-0.39, 0.29) is 11.3 Å². The van der Waals surface area contributed by atoms with Crippen LogP contribution < -0.4 is 0 Å². The van der Waals surface area contributed by atoms with Gasteiger partial charge < -0.3 is 0 Å². The molecule has 0 aliphatic rings. The summed E-state index contributed by atoms with van der Waals surface area (Å²) in [5.41, 5.74) is 0.925. The molecule has 0 N–H and O–H groups in total. The fourth-order valence-corrected chi connectivity index (χ4v) is 2.29.